The lowest BCUT2D eigenvalue weighted by molar-refractivity contribution is -0.136. The van der Waals surface area contributed by atoms with Crippen LogP contribution in [0.2, 0.25) is 0 Å². The molecule has 1 aromatic heterocycles. The number of aromatic nitrogens is 2. The highest BCUT2D eigenvalue weighted by molar-refractivity contribution is 5.79. The molecule has 0 bridgehead atoms. The SMILES string of the molecule is O=C([C@@H]1CC=CCC1)N1CCC(Nc2cccnn2)CC1. The molecule has 2 aliphatic rings. The molecule has 0 unspecified atom stereocenters. The molecule has 1 N–H and O–H groups in total. The smallest absolute Gasteiger partial charge is 0.226 e. The molecule has 21 heavy (non-hydrogen) atoms. The first-order valence-electron chi connectivity index (χ1n) is 7.81. The molecule has 1 aromatic rings. The maximum Gasteiger partial charge on any atom is 0.226 e. The van der Waals surface area contributed by atoms with Crippen molar-refractivity contribution in [3.05, 3.63) is 30.5 Å². The van der Waals surface area contributed by atoms with Crippen LogP contribution in [0, 0.1) is 5.92 Å². The maximum absolute atomic E-state index is 12.5. The summed E-state index contributed by atoms with van der Waals surface area (Å²) in [5.74, 6) is 1.37. The molecule has 2 heterocycles. The van der Waals surface area contributed by atoms with Crippen LogP contribution >= 0.6 is 0 Å². The Kier molecular flexibility index (Phi) is 4.48. The van der Waals surface area contributed by atoms with Gasteiger partial charge >= 0.3 is 0 Å². The van der Waals surface area contributed by atoms with Gasteiger partial charge in [-0.1, -0.05) is 12.2 Å². The second-order valence-corrected chi connectivity index (χ2v) is 5.83. The summed E-state index contributed by atoms with van der Waals surface area (Å²) in [6.07, 6.45) is 10.9. The molecule has 5 heteroatoms. The Morgan fingerprint density at radius 3 is 2.76 bits per heavy atom. The van der Waals surface area contributed by atoms with Gasteiger partial charge in [0.1, 0.15) is 5.82 Å². The minimum atomic E-state index is 0.208. The van der Waals surface area contributed by atoms with Crippen LogP contribution in [0.15, 0.2) is 30.5 Å². The van der Waals surface area contributed by atoms with E-state index in [1.165, 1.54) is 0 Å². The average molecular weight is 286 g/mol. The summed E-state index contributed by atoms with van der Waals surface area (Å²) in [7, 11) is 0. The molecule has 1 atom stereocenters. The summed E-state index contributed by atoms with van der Waals surface area (Å²) >= 11 is 0. The number of hydrogen-bond donors (Lipinski definition) is 1. The first-order valence-corrected chi connectivity index (χ1v) is 7.81. The highest BCUT2D eigenvalue weighted by Gasteiger charge is 2.28. The fraction of sp³-hybridized carbons (Fsp3) is 0.562. The van der Waals surface area contributed by atoms with Gasteiger partial charge in [0.15, 0.2) is 0 Å². The van der Waals surface area contributed by atoms with E-state index in [0.29, 0.717) is 11.9 Å². The Bertz CT molecular complexity index is 494. The highest BCUT2D eigenvalue weighted by Crippen LogP contribution is 2.23. The van der Waals surface area contributed by atoms with E-state index >= 15 is 0 Å². The van der Waals surface area contributed by atoms with Crippen LogP contribution in [-0.4, -0.2) is 40.1 Å². The molecule has 112 valence electrons. The predicted octanol–water partition coefficient (Wildman–Crippen LogP) is 2.24. The summed E-state index contributed by atoms with van der Waals surface area (Å²) in [5, 5.41) is 11.3. The highest BCUT2D eigenvalue weighted by atomic mass is 16.2. The van der Waals surface area contributed by atoms with Crippen molar-refractivity contribution >= 4 is 11.7 Å². The lowest BCUT2D eigenvalue weighted by atomic mass is 9.92. The van der Waals surface area contributed by atoms with Gasteiger partial charge in [-0.3, -0.25) is 4.79 Å². The monoisotopic (exact) mass is 286 g/mol. The van der Waals surface area contributed by atoms with E-state index in [-0.39, 0.29) is 5.92 Å². The zero-order valence-corrected chi connectivity index (χ0v) is 12.2. The van der Waals surface area contributed by atoms with Gasteiger partial charge in [0.2, 0.25) is 5.91 Å². The van der Waals surface area contributed by atoms with Gasteiger partial charge < -0.3 is 10.2 Å². The standard InChI is InChI=1S/C16H22N4O/c21-16(13-5-2-1-3-6-13)20-11-8-14(9-12-20)18-15-7-4-10-17-19-15/h1-2,4,7,10,13-14H,3,5-6,8-9,11-12H2,(H,18,19)/t13-/m1/s1. The molecule has 1 aliphatic carbocycles. The number of anilines is 1. The number of carbonyl (C=O) groups is 1. The number of amides is 1. The summed E-state index contributed by atoms with van der Waals surface area (Å²) in [6, 6.07) is 4.20. The number of hydrogen-bond acceptors (Lipinski definition) is 4. The van der Waals surface area contributed by atoms with E-state index in [0.717, 1.165) is 51.0 Å². The first kappa shape index (κ1) is 14.0. The van der Waals surface area contributed by atoms with Gasteiger partial charge in [-0.2, -0.15) is 5.10 Å². The minimum Gasteiger partial charge on any atom is -0.366 e. The molecule has 3 rings (SSSR count). The fourth-order valence-electron chi connectivity index (χ4n) is 3.11. The third-order valence-corrected chi connectivity index (χ3v) is 4.35. The number of likely N-dealkylation sites (tertiary alicyclic amines) is 1. The number of piperidine rings is 1. The Hall–Kier alpha value is -1.91. The molecule has 1 amide bonds. The van der Waals surface area contributed by atoms with Gasteiger partial charge in [-0.05, 0) is 44.2 Å². The average Bonchev–Trinajstić information content (AvgIpc) is 2.57. The Morgan fingerprint density at radius 2 is 2.10 bits per heavy atom. The second kappa shape index (κ2) is 6.70. The molecule has 0 spiro atoms. The number of carbonyl (C=O) groups excluding carboxylic acids is 1. The van der Waals surface area contributed by atoms with Crippen molar-refractivity contribution in [1.82, 2.24) is 15.1 Å². The maximum atomic E-state index is 12.5. The molecular formula is C16H22N4O. The normalized spacial score (nSPS) is 23.0. The molecule has 1 aliphatic heterocycles. The van der Waals surface area contributed by atoms with Crippen molar-refractivity contribution in [3.63, 3.8) is 0 Å². The van der Waals surface area contributed by atoms with Gasteiger partial charge in [0.25, 0.3) is 0 Å². The third kappa shape index (κ3) is 3.60. The van der Waals surface area contributed by atoms with Crippen LogP contribution in [0.5, 0.6) is 0 Å². The van der Waals surface area contributed by atoms with Crippen LogP contribution in [0.25, 0.3) is 0 Å². The lowest BCUT2D eigenvalue weighted by Crippen LogP contribution is -2.45. The van der Waals surface area contributed by atoms with E-state index in [1.807, 2.05) is 17.0 Å². The van der Waals surface area contributed by atoms with Crippen molar-refractivity contribution in [2.75, 3.05) is 18.4 Å². The van der Waals surface area contributed by atoms with Gasteiger partial charge in [0.05, 0.1) is 0 Å². The summed E-state index contributed by atoms with van der Waals surface area (Å²) in [4.78, 5) is 14.5. The number of allylic oxidation sites excluding steroid dienone is 2. The van der Waals surface area contributed by atoms with Crippen molar-refractivity contribution in [2.24, 2.45) is 5.92 Å². The van der Waals surface area contributed by atoms with E-state index in [2.05, 4.69) is 27.7 Å². The van der Waals surface area contributed by atoms with Crippen molar-refractivity contribution in [2.45, 2.75) is 38.1 Å². The van der Waals surface area contributed by atoms with Gasteiger partial charge in [-0.25, -0.2) is 0 Å². The summed E-state index contributed by atoms with van der Waals surface area (Å²) in [5.41, 5.74) is 0. The van der Waals surface area contributed by atoms with Crippen LogP contribution in [0.1, 0.15) is 32.1 Å². The van der Waals surface area contributed by atoms with Crippen LogP contribution in [-0.2, 0) is 4.79 Å². The molecule has 0 aromatic carbocycles. The van der Waals surface area contributed by atoms with E-state index < -0.39 is 0 Å². The lowest BCUT2D eigenvalue weighted by Gasteiger charge is -2.35. The molecule has 5 nitrogen and oxygen atoms in total. The molecule has 1 saturated heterocycles. The van der Waals surface area contributed by atoms with Crippen molar-refractivity contribution in [1.29, 1.82) is 0 Å². The summed E-state index contributed by atoms with van der Waals surface area (Å²) in [6.45, 7) is 1.69. The topological polar surface area (TPSA) is 58.1 Å². The third-order valence-electron chi connectivity index (χ3n) is 4.35. The predicted molar refractivity (Wildman–Crippen MR) is 81.7 cm³/mol. The zero-order valence-electron chi connectivity index (χ0n) is 12.2. The van der Waals surface area contributed by atoms with Crippen molar-refractivity contribution in [3.8, 4) is 0 Å². The van der Waals surface area contributed by atoms with Gasteiger partial charge in [0, 0.05) is 31.2 Å². The number of nitrogens with zero attached hydrogens (tertiary/aromatic N) is 3. The fourth-order valence-corrected chi connectivity index (χ4v) is 3.11. The minimum absolute atomic E-state index is 0.208. The van der Waals surface area contributed by atoms with E-state index in [4.69, 9.17) is 0 Å². The number of rotatable bonds is 3. The number of nitrogens with one attached hydrogen (secondary N) is 1. The second-order valence-electron chi connectivity index (χ2n) is 5.83. The molecule has 0 radical (unpaired) electrons. The quantitative estimate of drug-likeness (QED) is 0.866. The zero-order chi connectivity index (χ0) is 14.5. The van der Waals surface area contributed by atoms with Crippen LogP contribution < -0.4 is 5.32 Å². The Labute approximate surface area is 125 Å². The van der Waals surface area contributed by atoms with E-state index in [1.54, 1.807) is 6.20 Å². The molecule has 0 saturated carbocycles. The van der Waals surface area contributed by atoms with Crippen LogP contribution in [0.4, 0.5) is 5.82 Å². The largest absolute Gasteiger partial charge is 0.366 e. The Morgan fingerprint density at radius 1 is 1.24 bits per heavy atom. The van der Waals surface area contributed by atoms with Crippen LogP contribution in [0.3, 0.4) is 0 Å². The summed E-state index contributed by atoms with van der Waals surface area (Å²) < 4.78 is 0. The first-order chi connectivity index (χ1) is 10.3. The molecule has 1 fully saturated rings. The Balaban J connectivity index is 1.48. The van der Waals surface area contributed by atoms with Crippen molar-refractivity contribution < 1.29 is 4.79 Å². The van der Waals surface area contributed by atoms with E-state index in [9.17, 15) is 4.79 Å². The molecular weight excluding hydrogens is 264 g/mol. The van der Waals surface area contributed by atoms with Gasteiger partial charge in [-0.15, -0.1) is 5.10 Å².